The second-order valence-electron chi connectivity index (χ2n) is 3.43. The molecule has 0 spiro atoms. The molecule has 1 heterocycles. The van der Waals surface area contributed by atoms with Gasteiger partial charge in [-0.3, -0.25) is 0 Å². The van der Waals surface area contributed by atoms with Crippen molar-refractivity contribution in [1.29, 1.82) is 0 Å². The van der Waals surface area contributed by atoms with E-state index in [1.165, 1.54) is 17.3 Å². The van der Waals surface area contributed by atoms with E-state index in [-0.39, 0.29) is 0 Å². The van der Waals surface area contributed by atoms with Crippen molar-refractivity contribution in [1.82, 2.24) is 20.2 Å². The Morgan fingerprint density at radius 2 is 2.29 bits per heavy atom. The number of aryl methyl sites for hydroxylation is 1. The maximum absolute atomic E-state index is 3.99. The molecule has 86 valence electrons. The minimum Gasteiger partial charge on any atom is -0.187 e. The van der Waals surface area contributed by atoms with Crippen LogP contribution >= 0.6 is 11.8 Å². The molecule has 0 aliphatic carbocycles. The summed E-state index contributed by atoms with van der Waals surface area (Å²) in [5.74, 6) is 6.53. The van der Waals surface area contributed by atoms with Crippen LogP contribution in [0.3, 0.4) is 0 Å². The molecule has 0 bridgehead atoms. The predicted molar refractivity (Wildman–Crippen MR) is 68.1 cm³/mol. The number of benzene rings is 1. The van der Waals surface area contributed by atoms with E-state index in [1.54, 1.807) is 4.68 Å². The molecule has 0 atom stereocenters. The lowest BCUT2D eigenvalue weighted by molar-refractivity contribution is 0.756. The number of nitrogens with zero attached hydrogens (tertiary/aromatic N) is 4. The molecule has 0 saturated heterocycles. The molecule has 4 nitrogen and oxygen atoms in total. The van der Waals surface area contributed by atoms with Gasteiger partial charge < -0.3 is 0 Å². The Labute approximate surface area is 104 Å². The molecular weight excluding hydrogens is 232 g/mol. The third-order valence-corrected chi connectivity index (χ3v) is 2.94. The van der Waals surface area contributed by atoms with Gasteiger partial charge in [0.05, 0.1) is 11.4 Å². The Kier molecular flexibility index (Phi) is 3.78. The lowest BCUT2D eigenvalue weighted by Crippen LogP contribution is -1.99. The highest BCUT2D eigenvalue weighted by molar-refractivity contribution is 7.99. The van der Waals surface area contributed by atoms with Crippen molar-refractivity contribution in [3.8, 4) is 17.5 Å². The van der Waals surface area contributed by atoms with Crippen LogP contribution in [-0.4, -0.2) is 26.0 Å². The lowest BCUT2D eigenvalue weighted by Gasteiger charge is -2.03. The number of aromatic nitrogens is 4. The Morgan fingerprint density at radius 3 is 3.06 bits per heavy atom. The van der Waals surface area contributed by atoms with Gasteiger partial charge in [-0.15, -0.1) is 11.0 Å². The van der Waals surface area contributed by atoms with Crippen LogP contribution in [0.2, 0.25) is 0 Å². The van der Waals surface area contributed by atoms with Crippen molar-refractivity contribution in [2.45, 2.75) is 19.0 Å². The molecule has 5 heteroatoms. The summed E-state index contributed by atoms with van der Waals surface area (Å²) < 4.78 is 1.73. The number of thioether (sulfide) groups is 1. The monoisotopic (exact) mass is 244 g/mol. The molecule has 0 aliphatic rings. The lowest BCUT2D eigenvalue weighted by atomic mass is 10.2. The minimum absolute atomic E-state index is 0.697. The van der Waals surface area contributed by atoms with E-state index in [0.29, 0.717) is 5.75 Å². The maximum atomic E-state index is 3.99. The van der Waals surface area contributed by atoms with Gasteiger partial charge in [-0.25, -0.2) is 0 Å². The highest BCUT2D eigenvalue weighted by Crippen LogP contribution is 2.18. The number of tetrazole rings is 1. The van der Waals surface area contributed by atoms with E-state index < -0.39 is 0 Å². The molecule has 0 saturated carbocycles. The van der Waals surface area contributed by atoms with Crippen LogP contribution < -0.4 is 0 Å². The summed E-state index contributed by atoms with van der Waals surface area (Å²) in [5.41, 5.74) is 2.16. The zero-order valence-corrected chi connectivity index (χ0v) is 10.5. The zero-order valence-electron chi connectivity index (χ0n) is 9.71. The molecule has 0 amide bonds. The van der Waals surface area contributed by atoms with Gasteiger partial charge in [0.2, 0.25) is 5.16 Å². The highest BCUT2D eigenvalue weighted by atomic mass is 32.2. The van der Waals surface area contributed by atoms with Crippen molar-refractivity contribution in [2.24, 2.45) is 0 Å². The van der Waals surface area contributed by atoms with Crippen LogP contribution in [0.5, 0.6) is 0 Å². The Balaban J connectivity index is 2.26. The summed E-state index contributed by atoms with van der Waals surface area (Å²) in [7, 11) is 0. The van der Waals surface area contributed by atoms with Gasteiger partial charge in [-0.05, 0) is 42.0 Å². The molecule has 0 fully saturated rings. The summed E-state index contributed by atoms with van der Waals surface area (Å²) in [6, 6.07) is 8.07. The molecule has 1 aromatic carbocycles. The fourth-order valence-electron chi connectivity index (χ4n) is 1.36. The van der Waals surface area contributed by atoms with Crippen molar-refractivity contribution >= 4 is 11.8 Å². The first-order valence-corrected chi connectivity index (χ1v) is 6.17. The van der Waals surface area contributed by atoms with Crippen molar-refractivity contribution < 1.29 is 0 Å². The SMILES string of the molecule is CC#CCSc1nnnn1-c1cccc(C)c1. The van der Waals surface area contributed by atoms with Crippen LogP contribution in [0.4, 0.5) is 0 Å². The Morgan fingerprint density at radius 1 is 1.41 bits per heavy atom. The topological polar surface area (TPSA) is 43.6 Å². The van der Waals surface area contributed by atoms with E-state index in [9.17, 15) is 0 Å². The average molecular weight is 244 g/mol. The first kappa shape index (κ1) is 11.7. The Bertz CT molecular complexity index is 565. The smallest absolute Gasteiger partial charge is 0.187 e. The first-order chi connectivity index (χ1) is 8.31. The largest absolute Gasteiger partial charge is 0.215 e. The summed E-state index contributed by atoms with van der Waals surface area (Å²) in [6.45, 7) is 3.87. The molecular formula is C12H12N4S. The molecule has 0 unspecified atom stereocenters. The van der Waals surface area contributed by atoms with Crippen LogP contribution in [0.15, 0.2) is 29.4 Å². The second-order valence-corrected chi connectivity index (χ2v) is 4.37. The van der Waals surface area contributed by atoms with Gasteiger partial charge in [-0.2, -0.15) is 4.68 Å². The third-order valence-electron chi connectivity index (χ3n) is 2.14. The average Bonchev–Trinajstić information content (AvgIpc) is 2.78. The van der Waals surface area contributed by atoms with E-state index >= 15 is 0 Å². The van der Waals surface area contributed by atoms with Crippen molar-refractivity contribution in [3.05, 3.63) is 29.8 Å². The highest BCUT2D eigenvalue weighted by Gasteiger charge is 2.07. The van der Waals surface area contributed by atoms with E-state index in [0.717, 1.165) is 10.8 Å². The van der Waals surface area contributed by atoms with E-state index in [4.69, 9.17) is 0 Å². The van der Waals surface area contributed by atoms with E-state index in [2.05, 4.69) is 27.4 Å². The standard InChI is InChI=1S/C12H12N4S/c1-3-4-8-17-12-13-14-15-16(12)11-7-5-6-10(2)9-11/h5-7,9H,8H2,1-2H3. The molecule has 0 radical (unpaired) electrons. The summed E-state index contributed by atoms with van der Waals surface area (Å²) in [5, 5.41) is 12.4. The van der Waals surface area contributed by atoms with Gasteiger partial charge in [0.15, 0.2) is 0 Å². The van der Waals surface area contributed by atoms with E-state index in [1.807, 2.05) is 38.1 Å². The molecule has 2 aromatic rings. The number of rotatable bonds is 3. The molecule has 2 rings (SSSR count). The fraction of sp³-hybridized carbons (Fsp3) is 0.250. The van der Waals surface area contributed by atoms with Gasteiger partial charge in [0.1, 0.15) is 0 Å². The normalized spacial score (nSPS) is 9.76. The van der Waals surface area contributed by atoms with Gasteiger partial charge >= 0.3 is 0 Å². The maximum Gasteiger partial charge on any atom is 0.215 e. The number of hydrogen-bond donors (Lipinski definition) is 0. The van der Waals surface area contributed by atoms with Crippen molar-refractivity contribution in [3.63, 3.8) is 0 Å². The predicted octanol–water partition coefficient (Wildman–Crippen LogP) is 2.09. The number of hydrogen-bond acceptors (Lipinski definition) is 4. The quantitative estimate of drug-likeness (QED) is 0.612. The molecule has 17 heavy (non-hydrogen) atoms. The molecule has 0 aliphatic heterocycles. The van der Waals surface area contributed by atoms with Crippen LogP contribution in [0.25, 0.3) is 5.69 Å². The molecule has 1 aromatic heterocycles. The van der Waals surface area contributed by atoms with Crippen LogP contribution in [-0.2, 0) is 0 Å². The summed E-state index contributed by atoms with van der Waals surface area (Å²) >= 11 is 1.53. The third kappa shape index (κ3) is 2.86. The summed E-state index contributed by atoms with van der Waals surface area (Å²) in [6.07, 6.45) is 0. The second kappa shape index (κ2) is 5.51. The zero-order chi connectivity index (χ0) is 12.1. The molecule has 0 N–H and O–H groups in total. The van der Waals surface area contributed by atoms with Crippen LogP contribution in [0.1, 0.15) is 12.5 Å². The Hall–Kier alpha value is -1.80. The van der Waals surface area contributed by atoms with Crippen molar-refractivity contribution in [2.75, 3.05) is 5.75 Å². The summed E-state index contributed by atoms with van der Waals surface area (Å²) in [4.78, 5) is 0. The van der Waals surface area contributed by atoms with Crippen LogP contribution in [0, 0.1) is 18.8 Å². The minimum atomic E-state index is 0.697. The van der Waals surface area contributed by atoms with Gasteiger partial charge in [-0.1, -0.05) is 29.8 Å². The van der Waals surface area contributed by atoms with Gasteiger partial charge in [0, 0.05) is 0 Å². The van der Waals surface area contributed by atoms with Gasteiger partial charge in [0.25, 0.3) is 0 Å². The first-order valence-electron chi connectivity index (χ1n) is 5.19. The fourth-order valence-corrected chi connectivity index (χ4v) is 2.07.